The van der Waals surface area contributed by atoms with Gasteiger partial charge in [-0.15, -0.1) is 23.5 Å². The number of carbonyl (C=O) groups is 4. The largest absolute Gasteiger partial charge is 0.331 e. The van der Waals surface area contributed by atoms with Crippen molar-refractivity contribution in [3.8, 4) is 0 Å². The maximum atomic E-state index is 13.6. The van der Waals surface area contributed by atoms with Gasteiger partial charge in [0.1, 0.15) is 0 Å². The van der Waals surface area contributed by atoms with Crippen molar-refractivity contribution in [3.05, 3.63) is 119 Å². The van der Waals surface area contributed by atoms with Gasteiger partial charge in [-0.3, -0.25) is 19.2 Å². The Bertz CT molecular complexity index is 1960. The van der Waals surface area contributed by atoms with Crippen molar-refractivity contribution in [3.63, 3.8) is 0 Å². The van der Waals surface area contributed by atoms with E-state index in [1.165, 1.54) is 0 Å². The highest BCUT2D eigenvalue weighted by Gasteiger charge is 2.35. The summed E-state index contributed by atoms with van der Waals surface area (Å²) >= 11 is 3.36. The Morgan fingerprint density at radius 2 is 1.27 bits per heavy atom. The zero-order chi connectivity index (χ0) is 36.8. The summed E-state index contributed by atoms with van der Waals surface area (Å²) in [7, 11) is 0. The lowest BCUT2D eigenvalue weighted by Gasteiger charge is -2.30. The smallest absolute Gasteiger partial charge is 0.254 e. The molecule has 0 bridgehead atoms. The molecule has 4 aromatic carbocycles. The van der Waals surface area contributed by atoms with Crippen LogP contribution >= 0.6 is 23.5 Å². The lowest BCUT2D eigenvalue weighted by molar-refractivity contribution is -0.118. The van der Waals surface area contributed by atoms with Crippen LogP contribution in [0.5, 0.6) is 0 Å². The van der Waals surface area contributed by atoms with Crippen LogP contribution in [0.15, 0.2) is 101 Å². The number of para-hydroxylation sites is 2. The monoisotopic (exact) mass is 734 g/mol. The minimum absolute atomic E-state index is 0.0259. The highest BCUT2D eigenvalue weighted by Crippen LogP contribution is 2.33. The fourth-order valence-electron chi connectivity index (χ4n) is 6.96. The molecule has 0 aromatic heterocycles. The third kappa shape index (κ3) is 8.56. The van der Waals surface area contributed by atoms with Crippen LogP contribution in [0.3, 0.4) is 0 Å². The Morgan fingerprint density at radius 3 is 1.94 bits per heavy atom. The van der Waals surface area contributed by atoms with E-state index in [-0.39, 0.29) is 54.5 Å². The fraction of sp³-hybridized carbons (Fsp3) is 0.333. The SMILES string of the molecule is CCSc1ccccc1NC(=O)C[C@@H](C(C)C)N1Cc2cc(CCSc3ccccc3NC(=O)C[C@@H](C)N3Cc4ccccc4C3=O)ccc2C1=O. The van der Waals surface area contributed by atoms with Crippen LogP contribution in [-0.4, -0.2) is 57.0 Å². The molecule has 0 saturated carbocycles. The van der Waals surface area contributed by atoms with Crippen molar-refractivity contribution in [1.82, 2.24) is 9.80 Å². The van der Waals surface area contributed by atoms with Crippen molar-refractivity contribution in [1.29, 1.82) is 0 Å². The van der Waals surface area contributed by atoms with Crippen LogP contribution in [0.4, 0.5) is 11.4 Å². The normalized spacial score (nSPS) is 14.7. The molecule has 0 saturated heterocycles. The molecular weight excluding hydrogens is 689 g/mol. The molecule has 0 fully saturated rings. The van der Waals surface area contributed by atoms with E-state index in [4.69, 9.17) is 0 Å². The molecule has 6 rings (SSSR count). The maximum absolute atomic E-state index is 13.6. The Morgan fingerprint density at radius 1 is 0.692 bits per heavy atom. The highest BCUT2D eigenvalue weighted by molar-refractivity contribution is 7.99. The molecule has 270 valence electrons. The van der Waals surface area contributed by atoms with E-state index in [2.05, 4.69) is 37.5 Å². The van der Waals surface area contributed by atoms with E-state index < -0.39 is 0 Å². The van der Waals surface area contributed by atoms with E-state index in [0.29, 0.717) is 24.2 Å². The van der Waals surface area contributed by atoms with Gasteiger partial charge in [0.25, 0.3) is 11.8 Å². The van der Waals surface area contributed by atoms with E-state index in [0.717, 1.165) is 55.8 Å². The van der Waals surface area contributed by atoms with Crippen LogP contribution < -0.4 is 10.6 Å². The molecule has 0 aliphatic carbocycles. The molecule has 2 heterocycles. The van der Waals surface area contributed by atoms with E-state index in [1.807, 2.05) is 96.8 Å². The number of nitrogens with one attached hydrogen (secondary N) is 2. The molecule has 0 radical (unpaired) electrons. The van der Waals surface area contributed by atoms with Crippen LogP contribution in [0.25, 0.3) is 0 Å². The minimum atomic E-state index is -0.234. The number of nitrogens with zero attached hydrogens (tertiary/aromatic N) is 2. The fourth-order valence-corrected chi connectivity index (χ4v) is 8.72. The second-order valence-electron chi connectivity index (χ2n) is 13.7. The average Bonchev–Trinajstić information content (AvgIpc) is 3.64. The topological polar surface area (TPSA) is 98.8 Å². The van der Waals surface area contributed by atoms with Crippen molar-refractivity contribution >= 4 is 58.5 Å². The number of thioether (sulfide) groups is 2. The Hall–Kier alpha value is -4.54. The van der Waals surface area contributed by atoms with Gasteiger partial charge in [0.05, 0.1) is 11.4 Å². The third-order valence-corrected chi connectivity index (χ3v) is 11.7. The van der Waals surface area contributed by atoms with Gasteiger partial charge in [-0.05, 0) is 78.1 Å². The summed E-state index contributed by atoms with van der Waals surface area (Å²) in [6, 6.07) is 28.8. The summed E-state index contributed by atoms with van der Waals surface area (Å²) in [5, 5.41) is 6.16. The van der Waals surface area contributed by atoms with Crippen LogP contribution in [0.2, 0.25) is 0 Å². The second-order valence-corrected chi connectivity index (χ2v) is 16.1. The number of carbonyl (C=O) groups excluding carboxylic acids is 4. The summed E-state index contributed by atoms with van der Waals surface area (Å²) in [5.74, 6) is 1.52. The molecular formula is C42H46N4O4S2. The standard InChI is InChI=1S/C42H46N4O4S2/c1-5-51-37-16-10-8-14-34(37)44-40(48)24-36(27(2)3)46-26-31-23-29(18-19-33(31)42(46)50)20-21-52-38-17-11-9-15-35(38)43-39(47)22-28(4)45-25-30-12-6-7-13-32(30)41(45)49/h6-19,23,27-28,36H,5,20-22,24-26H2,1-4H3,(H,43,47)(H,44,48)/t28-,36+/m1/s1. The van der Waals surface area contributed by atoms with Crippen LogP contribution in [-0.2, 0) is 29.1 Å². The Kier molecular flexibility index (Phi) is 12.1. The number of fused-ring (bicyclic) bond motifs is 2. The second kappa shape index (κ2) is 16.9. The average molecular weight is 735 g/mol. The van der Waals surface area contributed by atoms with Crippen molar-refractivity contribution in [2.75, 3.05) is 22.1 Å². The minimum Gasteiger partial charge on any atom is -0.331 e. The van der Waals surface area contributed by atoms with Crippen LogP contribution in [0.1, 0.15) is 77.9 Å². The number of rotatable bonds is 15. The lowest BCUT2D eigenvalue weighted by Crippen LogP contribution is -2.41. The molecule has 0 unspecified atom stereocenters. The first-order valence-corrected chi connectivity index (χ1v) is 19.9. The number of aryl methyl sites for hydroxylation is 1. The van der Waals surface area contributed by atoms with E-state index in [1.54, 1.807) is 28.4 Å². The molecule has 4 aromatic rings. The predicted molar refractivity (Wildman–Crippen MR) is 211 cm³/mol. The van der Waals surface area contributed by atoms with Gasteiger partial charge < -0.3 is 20.4 Å². The summed E-state index contributed by atoms with van der Waals surface area (Å²) < 4.78 is 0. The molecule has 4 amide bonds. The number of hydrogen-bond donors (Lipinski definition) is 2. The first kappa shape index (κ1) is 37.2. The van der Waals surface area contributed by atoms with Gasteiger partial charge in [-0.1, -0.05) is 75.4 Å². The summed E-state index contributed by atoms with van der Waals surface area (Å²) in [6.07, 6.45) is 1.22. The molecule has 2 atom stereocenters. The van der Waals surface area contributed by atoms with Gasteiger partial charge in [-0.25, -0.2) is 0 Å². The molecule has 2 aliphatic rings. The van der Waals surface area contributed by atoms with Gasteiger partial charge in [0.2, 0.25) is 11.8 Å². The summed E-state index contributed by atoms with van der Waals surface area (Å²) in [4.78, 5) is 58.5. The quantitative estimate of drug-likeness (QED) is 0.119. The van der Waals surface area contributed by atoms with E-state index in [9.17, 15) is 19.2 Å². The van der Waals surface area contributed by atoms with Crippen molar-refractivity contribution < 1.29 is 19.2 Å². The zero-order valence-electron chi connectivity index (χ0n) is 30.2. The van der Waals surface area contributed by atoms with Gasteiger partial charge in [-0.2, -0.15) is 0 Å². The van der Waals surface area contributed by atoms with Crippen molar-refractivity contribution in [2.45, 2.75) is 81.9 Å². The molecule has 10 heteroatoms. The number of hydrogen-bond acceptors (Lipinski definition) is 6. The zero-order valence-corrected chi connectivity index (χ0v) is 31.8. The Balaban J connectivity index is 1.02. The molecule has 0 spiro atoms. The third-order valence-electron chi connectivity index (χ3n) is 9.70. The number of amides is 4. The molecule has 2 N–H and O–H groups in total. The lowest BCUT2D eigenvalue weighted by atomic mass is 9.98. The predicted octanol–water partition coefficient (Wildman–Crippen LogP) is 8.52. The molecule has 2 aliphatic heterocycles. The van der Waals surface area contributed by atoms with E-state index >= 15 is 0 Å². The van der Waals surface area contributed by atoms with Gasteiger partial charge in [0.15, 0.2) is 0 Å². The van der Waals surface area contributed by atoms with Crippen molar-refractivity contribution in [2.24, 2.45) is 5.92 Å². The van der Waals surface area contributed by atoms with Gasteiger partial charge >= 0.3 is 0 Å². The molecule has 52 heavy (non-hydrogen) atoms. The molecule has 8 nitrogen and oxygen atoms in total. The first-order chi connectivity index (χ1) is 25.1. The van der Waals surface area contributed by atoms with Gasteiger partial charge in [0, 0.05) is 64.7 Å². The first-order valence-electron chi connectivity index (χ1n) is 18.0. The van der Waals surface area contributed by atoms with Crippen LogP contribution in [0, 0.1) is 5.92 Å². The summed E-state index contributed by atoms with van der Waals surface area (Å²) in [5.41, 5.74) is 6.11. The Labute approximate surface area is 315 Å². The number of benzene rings is 4. The maximum Gasteiger partial charge on any atom is 0.254 e. The summed E-state index contributed by atoms with van der Waals surface area (Å²) in [6.45, 7) is 9.13. The highest BCUT2D eigenvalue weighted by atomic mass is 32.2. The number of anilines is 2.